The van der Waals surface area contributed by atoms with Crippen LogP contribution in [0.25, 0.3) is 0 Å². The zero-order valence-corrected chi connectivity index (χ0v) is 13.3. The molecule has 1 amide bonds. The predicted octanol–water partition coefficient (Wildman–Crippen LogP) is 3.80. The average Bonchev–Trinajstić information content (AvgIpc) is 2.84. The fourth-order valence-corrected chi connectivity index (χ4v) is 2.44. The molecule has 2 N–H and O–H groups in total. The molecule has 1 aromatic rings. The third-order valence-electron chi connectivity index (χ3n) is 3.49. The highest BCUT2D eigenvalue weighted by atomic mass is 79.9. The van der Waals surface area contributed by atoms with Crippen LogP contribution >= 0.6 is 15.9 Å². The van der Waals surface area contributed by atoms with E-state index in [9.17, 15) is 4.79 Å². The molecule has 0 saturated heterocycles. The minimum Gasteiger partial charge on any atom is -0.356 e. The Balaban J connectivity index is 2.06. The van der Waals surface area contributed by atoms with Crippen molar-refractivity contribution in [3.05, 3.63) is 46.2 Å². The molecule has 1 aliphatic rings. The van der Waals surface area contributed by atoms with Gasteiger partial charge in [0, 0.05) is 10.7 Å². The lowest BCUT2D eigenvalue weighted by Gasteiger charge is -2.22. The average molecular weight is 336 g/mol. The largest absolute Gasteiger partial charge is 0.356 e. The van der Waals surface area contributed by atoms with Crippen LogP contribution in [-0.2, 0) is 0 Å². The SMILES string of the molecule is C=C(C)[C@H]1CC=C(C)/C(=N\NC(=O)c2cc(Br)c[nH]2)C1. The molecule has 20 heavy (non-hydrogen) atoms. The fraction of sp³-hybridized carbons (Fsp3) is 0.333. The molecule has 0 aromatic carbocycles. The number of carbonyl (C=O) groups excluding carboxylic acids is 1. The van der Waals surface area contributed by atoms with Crippen molar-refractivity contribution in [3.63, 3.8) is 0 Å². The monoisotopic (exact) mass is 335 g/mol. The van der Waals surface area contributed by atoms with Crippen LogP contribution in [0.4, 0.5) is 0 Å². The zero-order chi connectivity index (χ0) is 14.7. The number of carbonyl (C=O) groups is 1. The van der Waals surface area contributed by atoms with E-state index in [-0.39, 0.29) is 5.91 Å². The van der Waals surface area contributed by atoms with Crippen molar-refractivity contribution in [3.8, 4) is 0 Å². The maximum absolute atomic E-state index is 11.9. The van der Waals surface area contributed by atoms with Gasteiger partial charge in [-0.1, -0.05) is 18.2 Å². The third-order valence-corrected chi connectivity index (χ3v) is 3.94. The first-order chi connectivity index (χ1) is 9.47. The van der Waals surface area contributed by atoms with Crippen LogP contribution in [0.3, 0.4) is 0 Å². The molecule has 1 atom stereocenters. The molecule has 106 valence electrons. The van der Waals surface area contributed by atoms with Crippen molar-refractivity contribution in [2.45, 2.75) is 26.7 Å². The Hall–Kier alpha value is -1.62. The van der Waals surface area contributed by atoms with Gasteiger partial charge in [-0.3, -0.25) is 4.79 Å². The summed E-state index contributed by atoms with van der Waals surface area (Å²) in [7, 11) is 0. The summed E-state index contributed by atoms with van der Waals surface area (Å²) in [6, 6.07) is 1.72. The predicted molar refractivity (Wildman–Crippen MR) is 84.7 cm³/mol. The van der Waals surface area contributed by atoms with Gasteiger partial charge in [-0.2, -0.15) is 5.10 Å². The van der Waals surface area contributed by atoms with Crippen molar-refractivity contribution in [1.82, 2.24) is 10.4 Å². The minimum absolute atomic E-state index is 0.242. The summed E-state index contributed by atoms with van der Waals surface area (Å²) in [6.07, 6.45) is 5.69. The van der Waals surface area contributed by atoms with E-state index in [1.165, 1.54) is 0 Å². The lowest BCUT2D eigenvalue weighted by atomic mass is 9.85. The van der Waals surface area contributed by atoms with E-state index in [4.69, 9.17) is 0 Å². The highest BCUT2D eigenvalue weighted by Crippen LogP contribution is 2.26. The number of hydrazone groups is 1. The number of halogens is 1. The Morgan fingerprint density at radius 3 is 2.95 bits per heavy atom. The van der Waals surface area contributed by atoms with Crippen LogP contribution in [0.15, 0.2) is 45.6 Å². The summed E-state index contributed by atoms with van der Waals surface area (Å²) in [4.78, 5) is 14.8. The van der Waals surface area contributed by atoms with Gasteiger partial charge >= 0.3 is 0 Å². The van der Waals surface area contributed by atoms with Crippen LogP contribution in [-0.4, -0.2) is 16.6 Å². The Kier molecular flexibility index (Phi) is 4.60. The lowest BCUT2D eigenvalue weighted by Crippen LogP contribution is -2.23. The second-order valence-electron chi connectivity index (χ2n) is 5.10. The van der Waals surface area contributed by atoms with Crippen molar-refractivity contribution < 1.29 is 4.79 Å². The molecular formula is C15H18BrN3O. The van der Waals surface area contributed by atoms with Gasteiger partial charge in [0.1, 0.15) is 5.69 Å². The Bertz CT molecular complexity index is 598. The number of aromatic nitrogens is 1. The quantitative estimate of drug-likeness (QED) is 0.640. The molecule has 4 nitrogen and oxygen atoms in total. The van der Waals surface area contributed by atoms with Crippen LogP contribution in [0.2, 0.25) is 0 Å². The van der Waals surface area contributed by atoms with Crippen LogP contribution in [0.1, 0.15) is 37.2 Å². The number of rotatable bonds is 3. The minimum atomic E-state index is -0.242. The molecule has 0 bridgehead atoms. The summed E-state index contributed by atoms with van der Waals surface area (Å²) in [5.41, 5.74) is 6.27. The van der Waals surface area contributed by atoms with Crippen LogP contribution in [0, 0.1) is 5.92 Å². The number of H-pyrrole nitrogens is 1. The van der Waals surface area contributed by atoms with Crippen LogP contribution in [0.5, 0.6) is 0 Å². The van der Waals surface area contributed by atoms with Gasteiger partial charge in [-0.25, -0.2) is 5.43 Å². The summed E-state index contributed by atoms with van der Waals surface area (Å²) in [6.45, 7) is 8.05. The molecule has 1 aromatic heterocycles. The van der Waals surface area contributed by atoms with E-state index in [1.807, 2.05) is 13.8 Å². The number of nitrogens with zero attached hydrogens (tertiary/aromatic N) is 1. The summed E-state index contributed by atoms with van der Waals surface area (Å²) < 4.78 is 0.839. The topological polar surface area (TPSA) is 57.2 Å². The van der Waals surface area contributed by atoms with Gasteiger partial charge in [0.2, 0.25) is 0 Å². The molecular weight excluding hydrogens is 318 g/mol. The lowest BCUT2D eigenvalue weighted by molar-refractivity contribution is 0.0950. The second kappa shape index (κ2) is 6.22. The summed E-state index contributed by atoms with van der Waals surface area (Å²) >= 11 is 3.30. The van der Waals surface area contributed by atoms with Crippen molar-refractivity contribution in [2.24, 2.45) is 11.0 Å². The van der Waals surface area contributed by atoms with E-state index >= 15 is 0 Å². The normalized spacial score (nSPS) is 20.6. The first-order valence-electron chi connectivity index (χ1n) is 6.50. The van der Waals surface area contributed by atoms with Gasteiger partial charge in [0.05, 0.1) is 5.71 Å². The maximum atomic E-state index is 11.9. The Morgan fingerprint density at radius 2 is 2.35 bits per heavy atom. The number of hydrogen-bond donors (Lipinski definition) is 2. The molecule has 0 saturated carbocycles. The summed E-state index contributed by atoms with van der Waals surface area (Å²) in [5, 5.41) is 4.25. The van der Waals surface area contributed by atoms with E-state index < -0.39 is 0 Å². The first-order valence-corrected chi connectivity index (χ1v) is 7.30. The van der Waals surface area contributed by atoms with Gasteiger partial charge in [-0.15, -0.1) is 0 Å². The highest BCUT2D eigenvalue weighted by Gasteiger charge is 2.19. The van der Waals surface area contributed by atoms with Crippen molar-refractivity contribution in [2.75, 3.05) is 0 Å². The Morgan fingerprint density at radius 1 is 1.60 bits per heavy atom. The van der Waals surface area contributed by atoms with Gasteiger partial charge < -0.3 is 4.98 Å². The standard InChI is InChI=1S/C15H18BrN3O/c1-9(2)11-5-4-10(3)13(6-11)18-19-15(20)14-7-12(16)8-17-14/h4,7-8,11,17H,1,5-6H2,2-3H3,(H,19,20)/b18-13-/t11-/m0/s1. The van der Waals surface area contributed by atoms with E-state index in [0.29, 0.717) is 11.6 Å². The molecule has 1 heterocycles. The van der Waals surface area contributed by atoms with Gasteiger partial charge in [0.25, 0.3) is 5.91 Å². The van der Waals surface area contributed by atoms with E-state index in [0.717, 1.165) is 34.2 Å². The maximum Gasteiger partial charge on any atom is 0.287 e. The smallest absolute Gasteiger partial charge is 0.287 e. The van der Waals surface area contributed by atoms with Gasteiger partial charge in [-0.05, 0) is 60.2 Å². The molecule has 1 aliphatic carbocycles. The molecule has 0 fully saturated rings. The second-order valence-corrected chi connectivity index (χ2v) is 6.02. The number of nitrogens with one attached hydrogen (secondary N) is 2. The van der Waals surface area contributed by atoms with E-state index in [1.54, 1.807) is 12.3 Å². The molecule has 0 radical (unpaired) electrons. The fourth-order valence-electron chi connectivity index (χ4n) is 2.10. The molecule has 0 spiro atoms. The number of aromatic amines is 1. The van der Waals surface area contributed by atoms with Crippen molar-refractivity contribution in [1.29, 1.82) is 0 Å². The Labute approximate surface area is 127 Å². The number of hydrogen-bond acceptors (Lipinski definition) is 2. The third kappa shape index (κ3) is 3.48. The highest BCUT2D eigenvalue weighted by molar-refractivity contribution is 9.10. The molecule has 0 aliphatic heterocycles. The molecule has 5 heteroatoms. The number of amides is 1. The van der Waals surface area contributed by atoms with Crippen LogP contribution < -0.4 is 5.43 Å². The molecule has 2 rings (SSSR count). The molecule has 0 unspecified atom stereocenters. The van der Waals surface area contributed by atoms with Crippen molar-refractivity contribution >= 4 is 27.5 Å². The zero-order valence-electron chi connectivity index (χ0n) is 11.7. The number of allylic oxidation sites excluding steroid dienone is 3. The van der Waals surface area contributed by atoms with Gasteiger partial charge in [0.15, 0.2) is 0 Å². The van der Waals surface area contributed by atoms with E-state index in [2.05, 4.69) is 44.1 Å². The summed E-state index contributed by atoms with van der Waals surface area (Å²) in [5.74, 6) is 0.169. The first kappa shape index (κ1) is 14.8.